The van der Waals surface area contributed by atoms with E-state index in [1.54, 1.807) is 6.20 Å². The Morgan fingerprint density at radius 2 is 1.91 bits per heavy atom. The van der Waals surface area contributed by atoms with Crippen LogP contribution in [0.3, 0.4) is 0 Å². The molecule has 23 heavy (non-hydrogen) atoms. The summed E-state index contributed by atoms with van der Waals surface area (Å²) in [6.45, 7) is 0.00411. The highest BCUT2D eigenvalue weighted by Gasteiger charge is 2.18. The fourth-order valence-corrected chi connectivity index (χ4v) is 2.70. The van der Waals surface area contributed by atoms with Gasteiger partial charge >= 0.3 is 0 Å². The van der Waals surface area contributed by atoms with Crippen molar-refractivity contribution in [3.63, 3.8) is 0 Å². The average Bonchev–Trinajstić information content (AvgIpc) is 2.55. The summed E-state index contributed by atoms with van der Waals surface area (Å²) in [5, 5.41) is 4.82. The second-order valence-corrected chi connectivity index (χ2v) is 5.16. The van der Waals surface area contributed by atoms with E-state index in [1.807, 2.05) is 42.5 Å². The Labute approximate surface area is 138 Å². The molecule has 1 aromatic heterocycles. The van der Waals surface area contributed by atoms with E-state index in [4.69, 9.17) is 10.5 Å². The molecule has 5 nitrogen and oxygen atoms in total. The first kappa shape index (κ1) is 15.1. The lowest BCUT2D eigenvalue weighted by molar-refractivity contribution is -0.118. The fourth-order valence-electron chi connectivity index (χ4n) is 2.70. The molecule has 0 radical (unpaired) electrons. The van der Waals surface area contributed by atoms with Crippen molar-refractivity contribution in [3.8, 4) is 17.0 Å². The number of nitrogens with two attached hydrogens (primary N) is 1. The van der Waals surface area contributed by atoms with Crippen LogP contribution in [0.4, 0.5) is 11.4 Å². The van der Waals surface area contributed by atoms with Crippen LogP contribution in [0.25, 0.3) is 21.9 Å². The summed E-state index contributed by atoms with van der Waals surface area (Å²) < 4.78 is 5.29. The van der Waals surface area contributed by atoms with Gasteiger partial charge < -0.3 is 15.8 Å². The highest BCUT2D eigenvalue weighted by Crippen LogP contribution is 2.35. The van der Waals surface area contributed by atoms with Gasteiger partial charge in [-0.3, -0.25) is 4.79 Å². The zero-order chi connectivity index (χ0) is 15.1. The lowest BCUT2D eigenvalue weighted by Gasteiger charge is -2.18. The molecule has 1 aliphatic rings. The summed E-state index contributed by atoms with van der Waals surface area (Å²) in [5.41, 5.74) is 9.29. The van der Waals surface area contributed by atoms with Crippen LogP contribution in [-0.2, 0) is 4.79 Å². The number of halogens is 1. The molecule has 0 aliphatic carbocycles. The molecular weight excluding hydrogens is 314 g/mol. The average molecular weight is 328 g/mol. The van der Waals surface area contributed by atoms with Crippen molar-refractivity contribution in [2.45, 2.75) is 0 Å². The monoisotopic (exact) mass is 327 g/mol. The quantitative estimate of drug-likeness (QED) is 0.673. The standard InChI is InChI=1S/C17H13N3O2.ClH/c18-14-6-5-11(12-3-1-2-4-13(12)14)10-7-15-17(19-8-10)22-9-16(21)20-15;/h1-8H,9,18H2,(H,20,21);1H. The molecule has 0 spiro atoms. The van der Waals surface area contributed by atoms with E-state index in [2.05, 4.69) is 10.3 Å². The van der Waals surface area contributed by atoms with Crippen molar-refractivity contribution in [2.24, 2.45) is 0 Å². The van der Waals surface area contributed by atoms with Gasteiger partial charge in [-0.15, -0.1) is 12.4 Å². The van der Waals surface area contributed by atoms with Crippen LogP contribution >= 0.6 is 12.4 Å². The molecule has 1 aliphatic heterocycles. The third kappa shape index (κ3) is 2.55. The minimum atomic E-state index is -0.173. The Bertz CT molecular complexity index is 911. The summed E-state index contributed by atoms with van der Waals surface area (Å²) in [6, 6.07) is 13.7. The van der Waals surface area contributed by atoms with Crippen LogP contribution in [0.1, 0.15) is 0 Å². The summed E-state index contributed by atoms with van der Waals surface area (Å²) in [6.07, 6.45) is 1.74. The summed E-state index contributed by atoms with van der Waals surface area (Å²) in [7, 11) is 0. The second kappa shape index (κ2) is 5.78. The number of hydrogen-bond donors (Lipinski definition) is 2. The molecule has 0 fully saturated rings. The number of benzene rings is 2. The highest BCUT2D eigenvalue weighted by molar-refractivity contribution is 6.03. The normalized spacial score (nSPS) is 12.8. The number of carbonyl (C=O) groups excluding carboxylic acids is 1. The number of anilines is 2. The first-order chi connectivity index (χ1) is 10.7. The third-order valence-electron chi connectivity index (χ3n) is 3.73. The Morgan fingerprint density at radius 3 is 2.74 bits per heavy atom. The van der Waals surface area contributed by atoms with E-state index in [-0.39, 0.29) is 24.9 Å². The van der Waals surface area contributed by atoms with Crippen molar-refractivity contribution in [3.05, 3.63) is 48.7 Å². The minimum Gasteiger partial charge on any atom is -0.466 e. The van der Waals surface area contributed by atoms with Gasteiger partial charge in [0.2, 0.25) is 5.88 Å². The Balaban J connectivity index is 0.00000156. The first-order valence-corrected chi connectivity index (χ1v) is 6.93. The molecule has 4 rings (SSSR count). The van der Waals surface area contributed by atoms with E-state index in [1.165, 1.54) is 0 Å². The molecular formula is C17H14ClN3O2. The van der Waals surface area contributed by atoms with Gasteiger partial charge in [0.15, 0.2) is 6.61 Å². The molecule has 2 aromatic carbocycles. The largest absolute Gasteiger partial charge is 0.466 e. The van der Waals surface area contributed by atoms with E-state index in [9.17, 15) is 4.79 Å². The number of carbonyl (C=O) groups is 1. The first-order valence-electron chi connectivity index (χ1n) is 6.93. The maximum absolute atomic E-state index is 11.5. The molecule has 0 saturated carbocycles. The number of pyridine rings is 1. The molecule has 0 unspecified atom stereocenters. The van der Waals surface area contributed by atoms with Crippen LogP contribution in [-0.4, -0.2) is 17.5 Å². The van der Waals surface area contributed by atoms with Gasteiger partial charge in [0.05, 0.1) is 0 Å². The summed E-state index contributed by atoms with van der Waals surface area (Å²) in [4.78, 5) is 15.7. The molecule has 0 bridgehead atoms. The molecule has 0 saturated heterocycles. The van der Waals surface area contributed by atoms with Crippen molar-refractivity contribution in [1.29, 1.82) is 0 Å². The number of ether oxygens (including phenoxy) is 1. The molecule has 3 N–H and O–H groups in total. The SMILES string of the molecule is Cl.Nc1ccc(-c2cnc3c(c2)NC(=O)CO3)c2ccccc12. The molecule has 0 atom stereocenters. The molecule has 2 heterocycles. The van der Waals surface area contributed by atoms with Crippen LogP contribution in [0.2, 0.25) is 0 Å². The Hall–Kier alpha value is -2.79. The topological polar surface area (TPSA) is 77.2 Å². The number of amides is 1. The second-order valence-electron chi connectivity index (χ2n) is 5.16. The summed E-state index contributed by atoms with van der Waals surface area (Å²) in [5.74, 6) is 0.275. The summed E-state index contributed by atoms with van der Waals surface area (Å²) >= 11 is 0. The lowest BCUT2D eigenvalue weighted by atomic mass is 9.98. The number of aromatic nitrogens is 1. The van der Waals surface area contributed by atoms with E-state index >= 15 is 0 Å². The smallest absolute Gasteiger partial charge is 0.262 e. The van der Waals surface area contributed by atoms with Gasteiger partial charge in [-0.05, 0) is 23.1 Å². The fraction of sp³-hybridized carbons (Fsp3) is 0.0588. The van der Waals surface area contributed by atoms with Crippen molar-refractivity contribution >= 4 is 40.5 Å². The van der Waals surface area contributed by atoms with E-state index < -0.39 is 0 Å². The zero-order valence-electron chi connectivity index (χ0n) is 12.1. The van der Waals surface area contributed by atoms with Crippen LogP contribution < -0.4 is 15.8 Å². The number of nitrogen functional groups attached to an aromatic ring is 1. The van der Waals surface area contributed by atoms with Gasteiger partial charge in [0, 0.05) is 22.8 Å². The predicted octanol–water partition coefficient (Wildman–Crippen LogP) is 3.24. The van der Waals surface area contributed by atoms with Crippen LogP contribution in [0.15, 0.2) is 48.7 Å². The van der Waals surface area contributed by atoms with Gasteiger partial charge in [-0.25, -0.2) is 4.98 Å². The lowest BCUT2D eigenvalue weighted by Crippen LogP contribution is -2.25. The third-order valence-corrected chi connectivity index (χ3v) is 3.73. The van der Waals surface area contributed by atoms with Gasteiger partial charge in [0.25, 0.3) is 5.91 Å². The van der Waals surface area contributed by atoms with Crippen LogP contribution in [0.5, 0.6) is 5.88 Å². The Kier molecular flexibility index (Phi) is 3.80. The predicted molar refractivity (Wildman–Crippen MR) is 93.0 cm³/mol. The van der Waals surface area contributed by atoms with Crippen molar-refractivity contribution in [2.75, 3.05) is 17.7 Å². The molecule has 1 amide bonds. The molecule has 6 heteroatoms. The van der Waals surface area contributed by atoms with Gasteiger partial charge in [0.1, 0.15) is 5.69 Å². The maximum atomic E-state index is 11.5. The van der Waals surface area contributed by atoms with Gasteiger partial charge in [-0.2, -0.15) is 0 Å². The number of fused-ring (bicyclic) bond motifs is 2. The number of hydrogen-bond acceptors (Lipinski definition) is 4. The Morgan fingerprint density at radius 1 is 1.13 bits per heavy atom. The van der Waals surface area contributed by atoms with Gasteiger partial charge in [-0.1, -0.05) is 30.3 Å². The minimum absolute atomic E-state index is 0. The van der Waals surface area contributed by atoms with Crippen LogP contribution in [0, 0.1) is 0 Å². The maximum Gasteiger partial charge on any atom is 0.262 e. The highest BCUT2D eigenvalue weighted by atomic mass is 35.5. The number of nitrogens with one attached hydrogen (secondary N) is 1. The van der Waals surface area contributed by atoms with Crippen molar-refractivity contribution < 1.29 is 9.53 Å². The van der Waals surface area contributed by atoms with E-state index in [0.717, 1.165) is 27.6 Å². The molecule has 3 aromatic rings. The zero-order valence-corrected chi connectivity index (χ0v) is 12.9. The van der Waals surface area contributed by atoms with Crippen molar-refractivity contribution in [1.82, 2.24) is 4.98 Å². The number of nitrogens with zero attached hydrogens (tertiary/aromatic N) is 1. The molecule has 116 valence electrons. The van der Waals surface area contributed by atoms with E-state index in [0.29, 0.717) is 11.6 Å². The number of rotatable bonds is 1.